The highest BCUT2D eigenvalue weighted by Crippen LogP contribution is 2.36. The maximum Gasteiger partial charge on any atom is 0.131 e. The molecule has 1 heterocycles. The first-order valence-corrected chi connectivity index (χ1v) is 9.04. The summed E-state index contributed by atoms with van der Waals surface area (Å²) < 4.78 is 0. The largest absolute Gasteiger partial charge is 0.302 e. The summed E-state index contributed by atoms with van der Waals surface area (Å²) >= 11 is 0. The first kappa shape index (κ1) is 16.0. The summed E-state index contributed by atoms with van der Waals surface area (Å²) in [6.45, 7) is 1.80. The molecule has 2 aliphatic rings. The van der Waals surface area contributed by atoms with Gasteiger partial charge in [-0.25, -0.2) is 0 Å². The van der Waals surface area contributed by atoms with Crippen molar-refractivity contribution in [2.24, 2.45) is 5.92 Å². The lowest BCUT2D eigenvalue weighted by molar-refractivity contribution is -0.109. The minimum atomic E-state index is -0.115. The zero-order chi connectivity index (χ0) is 17.1. The Balaban J connectivity index is 1.71. The minimum absolute atomic E-state index is 0.115. The maximum absolute atomic E-state index is 12.0. The lowest BCUT2D eigenvalue weighted by atomic mass is 9.85. The quantitative estimate of drug-likeness (QED) is 0.773. The molecular formula is C23H23NO. The number of benzene rings is 2. The molecule has 0 atom stereocenters. The van der Waals surface area contributed by atoms with Crippen molar-refractivity contribution in [3.8, 4) is 0 Å². The Labute approximate surface area is 149 Å². The summed E-state index contributed by atoms with van der Waals surface area (Å²) in [5.74, 6) is -0.115. The van der Waals surface area contributed by atoms with E-state index in [0.29, 0.717) is 6.04 Å². The second kappa shape index (κ2) is 7.20. The molecular weight excluding hydrogens is 306 g/mol. The molecule has 25 heavy (non-hydrogen) atoms. The van der Waals surface area contributed by atoms with Gasteiger partial charge in [-0.05, 0) is 35.1 Å². The summed E-state index contributed by atoms with van der Waals surface area (Å²) in [7, 11) is 0. The summed E-state index contributed by atoms with van der Waals surface area (Å²) in [4.78, 5) is 14.5. The third kappa shape index (κ3) is 3.80. The first-order chi connectivity index (χ1) is 12.3. The van der Waals surface area contributed by atoms with Crippen molar-refractivity contribution in [3.05, 3.63) is 82.9 Å². The van der Waals surface area contributed by atoms with Crippen molar-refractivity contribution in [1.29, 1.82) is 0 Å². The van der Waals surface area contributed by atoms with Gasteiger partial charge in [-0.2, -0.15) is 0 Å². The molecule has 2 heteroatoms. The molecule has 0 N–H and O–H groups in total. The Morgan fingerprint density at radius 2 is 1.24 bits per heavy atom. The molecule has 0 spiro atoms. The molecule has 1 aliphatic carbocycles. The molecule has 0 unspecified atom stereocenters. The highest BCUT2D eigenvalue weighted by atomic mass is 16.1. The van der Waals surface area contributed by atoms with Gasteiger partial charge >= 0.3 is 0 Å². The smallest absolute Gasteiger partial charge is 0.131 e. The van der Waals surface area contributed by atoms with Gasteiger partial charge in [-0.1, -0.05) is 72.8 Å². The predicted octanol–water partition coefficient (Wildman–Crippen LogP) is 4.45. The number of rotatable bonds is 4. The van der Waals surface area contributed by atoms with Gasteiger partial charge in [-0.3, -0.25) is 4.90 Å². The highest BCUT2D eigenvalue weighted by molar-refractivity contribution is 5.74. The van der Waals surface area contributed by atoms with Crippen molar-refractivity contribution in [1.82, 2.24) is 4.90 Å². The molecule has 126 valence electrons. The number of likely N-dealkylation sites (tertiary alicyclic amines) is 1. The van der Waals surface area contributed by atoms with Crippen LogP contribution >= 0.6 is 0 Å². The van der Waals surface area contributed by atoms with E-state index in [-0.39, 0.29) is 5.92 Å². The van der Waals surface area contributed by atoms with Gasteiger partial charge in [0.05, 0.1) is 5.92 Å². The summed E-state index contributed by atoms with van der Waals surface area (Å²) in [6, 6.07) is 21.3. The van der Waals surface area contributed by atoms with Crippen molar-refractivity contribution >= 4 is 18.4 Å². The van der Waals surface area contributed by atoms with Crippen LogP contribution in [0.5, 0.6) is 0 Å². The van der Waals surface area contributed by atoms with Gasteiger partial charge in [0.25, 0.3) is 0 Å². The maximum atomic E-state index is 12.0. The van der Waals surface area contributed by atoms with Crippen LogP contribution in [0.3, 0.4) is 0 Å². The van der Waals surface area contributed by atoms with Crippen LogP contribution in [-0.2, 0) is 4.79 Å². The molecule has 2 fully saturated rings. The number of nitrogens with zero attached hydrogens (tertiary/aromatic N) is 1. The Hall–Kier alpha value is -2.45. The number of piperidine rings is 1. The zero-order valence-corrected chi connectivity index (χ0v) is 14.3. The SMILES string of the molecule is O=CC1/C(=C\c2ccccc2)CN(C2CC2)C/C1=C/c1ccccc1. The number of hydrogen-bond donors (Lipinski definition) is 0. The Morgan fingerprint density at radius 3 is 1.64 bits per heavy atom. The Bertz CT molecular complexity index is 728. The van der Waals surface area contributed by atoms with Crippen molar-refractivity contribution in [2.75, 3.05) is 13.1 Å². The van der Waals surface area contributed by atoms with Gasteiger partial charge < -0.3 is 4.79 Å². The van der Waals surface area contributed by atoms with Crippen LogP contribution in [0.2, 0.25) is 0 Å². The standard InChI is InChI=1S/C23H23NO/c25-17-23-20(13-18-7-3-1-4-8-18)15-24(22-11-12-22)16-21(23)14-19-9-5-2-6-10-19/h1-10,13-14,17,22-23H,11-12,15-16H2/b20-13-,21-14-. The summed E-state index contributed by atoms with van der Waals surface area (Å²) in [5, 5.41) is 0. The topological polar surface area (TPSA) is 20.3 Å². The van der Waals surface area contributed by atoms with E-state index in [2.05, 4.69) is 41.3 Å². The third-order valence-electron chi connectivity index (χ3n) is 5.07. The fourth-order valence-corrected chi connectivity index (χ4v) is 3.63. The second-order valence-electron chi connectivity index (χ2n) is 7.01. The lowest BCUT2D eigenvalue weighted by Crippen LogP contribution is -2.39. The number of carbonyl (C=O) groups excluding carboxylic acids is 1. The van der Waals surface area contributed by atoms with Crippen LogP contribution in [0.25, 0.3) is 12.2 Å². The first-order valence-electron chi connectivity index (χ1n) is 9.04. The molecule has 2 aromatic carbocycles. The number of carbonyl (C=O) groups is 1. The summed E-state index contributed by atoms with van der Waals surface area (Å²) in [5.41, 5.74) is 4.75. The van der Waals surface area contributed by atoms with E-state index in [4.69, 9.17) is 0 Å². The van der Waals surface area contributed by atoms with Gasteiger partial charge in [0, 0.05) is 19.1 Å². The van der Waals surface area contributed by atoms with E-state index < -0.39 is 0 Å². The zero-order valence-electron chi connectivity index (χ0n) is 14.3. The van der Waals surface area contributed by atoms with Crippen LogP contribution in [0, 0.1) is 5.92 Å². The van der Waals surface area contributed by atoms with Crippen LogP contribution in [0.4, 0.5) is 0 Å². The Morgan fingerprint density at radius 1 is 0.760 bits per heavy atom. The van der Waals surface area contributed by atoms with E-state index in [0.717, 1.165) is 19.4 Å². The average molecular weight is 329 g/mol. The summed E-state index contributed by atoms with van der Waals surface area (Å²) in [6.07, 6.45) is 8.08. The van der Waals surface area contributed by atoms with E-state index in [1.165, 1.54) is 35.1 Å². The fourth-order valence-electron chi connectivity index (χ4n) is 3.63. The molecule has 1 saturated carbocycles. The third-order valence-corrected chi connectivity index (χ3v) is 5.07. The normalized spacial score (nSPS) is 24.6. The molecule has 2 aromatic rings. The van der Waals surface area contributed by atoms with Crippen LogP contribution in [0.15, 0.2) is 71.8 Å². The molecule has 0 amide bonds. The van der Waals surface area contributed by atoms with Crippen molar-refractivity contribution < 1.29 is 4.79 Å². The van der Waals surface area contributed by atoms with Gasteiger partial charge in [0.15, 0.2) is 0 Å². The number of aldehydes is 1. The van der Waals surface area contributed by atoms with Crippen molar-refractivity contribution in [2.45, 2.75) is 18.9 Å². The van der Waals surface area contributed by atoms with E-state index in [1.54, 1.807) is 0 Å². The fraction of sp³-hybridized carbons (Fsp3) is 0.261. The monoisotopic (exact) mass is 329 g/mol. The Kier molecular flexibility index (Phi) is 4.62. The molecule has 0 bridgehead atoms. The lowest BCUT2D eigenvalue weighted by Gasteiger charge is -2.34. The molecule has 1 saturated heterocycles. The molecule has 0 aromatic heterocycles. The predicted molar refractivity (Wildman–Crippen MR) is 103 cm³/mol. The van der Waals surface area contributed by atoms with Crippen molar-refractivity contribution in [3.63, 3.8) is 0 Å². The average Bonchev–Trinajstić information content (AvgIpc) is 3.48. The van der Waals surface area contributed by atoms with Gasteiger partial charge in [0.1, 0.15) is 6.29 Å². The molecule has 4 rings (SSSR count). The molecule has 2 nitrogen and oxygen atoms in total. The molecule has 0 radical (unpaired) electrons. The van der Waals surface area contributed by atoms with Gasteiger partial charge in [0.2, 0.25) is 0 Å². The van der Waals surface area contributed by atoms with Gasteiger partial charge in [-0.15, -0.1) is 0 Å². The van der Waals surface area contributed by atoms with E-state index in [1.807, 2.05) is 36.4 Å². The second-order valence-corrected chi connectivity index (χ2v) is 7.01. The van der Waals surface area contributed by atoms with E-state index >= 15 is 0 Å². The van der Waals surface area contributed by atoms with Crippen LogP contribution in [0.1, 0.15) is 24.0 Å². The van der Waals surface area contributed by atoms with E-state index in [9.17, 15) is 4.79 Å². The minimum Gasteiger partial charge on any atom is -0.302 e. The van der Waals surface area contributed by atoms with Crippen LogP contribution in [-0.4, -0.2) is 30.3 Å². The molecule has 1 aliphatic heterocycles. The van der Waals surface area contributed by atoms with Crippen LogP contribution < -0.4 is 0 Å². The number of hydrogen-bond acceptors (Lipinski definition) is 2. The highest BCUT2D eigenvalue weighted by Gasteiger charge is 2.36.